The van der Waals surface area contributed by atoms with E-state index in [-0.39, 0.29) is 0 Å². The van der Waals surface area contributed by atoms with Crippen molar-refractivity contribution in [3.63, 3.8) is 0 Å². The highest BCUT2D eigenvalue weighted by Crippen LogP contribution is 2.22. The van der Waals surface area contributed by atoms with Crippen LogP contribution in [-0.2, 0) is 6.54 Å². The van der Waals surface area contributed by atoms with Crippen LogP contribution in [0.5, 0.6) is 0 Å². The molecule has 3 rings (SSSR count). The minimum Gasteiger partial charge on any atom is -0.347 e. The number of benzene rings is 1. The molecule has 0 radical (unpaired) electrons. The monoisotopic (exact) mass is 242 g/mol. The maximum Gasteiger partial charge on any atom is 0.0480 e. The van der Waals surface area contributed by atoms with Crippen molar-refractivity contribution in [1.29, 1.82) is 0 Å². The highest BCUT2D eigenvalue weighted by Gasteiger charge is 2.16. The Kier molecular flexibility index (Phi) is 3.37. The van der Waals surface area contributed by atoms with Crippen molar-refractivity contribution < 1.29 is 0 Å². The number of piperidine rings is 1. The van der Waals surface area contributed by atoms with Gasteiger partial charge in [0.25, 0.3) is 0 Å². The molecule has 18 heavy (non-hydrogen) atoms. The van der Waals surface area contributed by atoms with Gasteiger partial charge in [0.15, 0.2) is 0 Å². The first-order valence-electron chi connectivity index (χ1n) is 7.05. The van der Waals surface area contributed by atoms with Crippen molar-refractivity contribution in [3.8, 4) is 0 Å². The van der Waals surface area contributed by atoms with Gasteiger partial charge in [0.2, 0.25) is 0 Å². The van der Waals surface area contributed by atoms with Crippen molar-refractivity contribution in [2.45, 2.75) is 25.8 Å². The SMILES string of the molecule is CN1CCC(CCn2ccc3ccccc32)CC1. The van der Waals surface area contributed by atoms with E-state index < -0.39 is 0 Å². The summed E-state index contributed by atoms with van der Waals surface area (Å²) < 4.78 is 2.41. The topological polar surface area (TPSA) is 8.17 Å². The van der Waals surface area contributed by atoms with Crippen LogP contribution in [0.1, 0.15) is 19.3 Å². The summed E-state index contributed by atoms with van der Waals surface area (Å²) in [5.41, 5.74) is 1.38. The Morgan fingerprint density at radius 3 is 2.72 bits per heavy atom. The molecule has 0 aliphatic carbocycles. The zero-order chi connectivity index (χ0) is 12.4. The second kappa shape index (κ2) is 5.15. The van der Waals surface area contributed by atoms with Crippen LogP contribution >= 0.6 is 0 Å². The van der Waals surface area contributed by atoms with Gasteiger partial charge in [-0.05, 0) is 62.8 Å². The van der Waals surface area contributed by atoms with Crippen molar-refractivity contribution in [2.24, 2.45) is 5.92 Å². The normalized spacial score (nSPS) is 18.5. The Labute approximate surface area is 109 Å². The van der Waals surface area contributed by atoms with Gasteiger partial charge in [0.05, 0.1) is 0 Å². The predicted octanol–water partition coefficient (Wildman–Crippen LogP) is 3.37. The lowest BCUT2D eigenvalue weighted by molar-refractivity contribution is 0.208. The van der Waals surface area contributed by atoms with Crippen LogP contribution < -0.4 is 0 Å². The smallest absolute Gasteiger partial charge is 0.0480 e. The van der Waals surface area contributed by atoms with Crippen LogP contribution in [0, 0.1) is 5.92 Å². The lowest BCUT2D eigenvalue weighted by atomic mass is 9.94. The molecule has 0 unspecified atom stereocenters. The Bertz CT molecular complexity index is 507. The molecule has 0 N–H and O–H groups in total. The Hall–Kier alpha value is -1.28. The van der Waals surface area contributed by atoms with Crippen LogP contribution in [0.2, 0.25) is 0 Å². The summed E-state index contributed by atoms with van der Waals surface area (Å²) in [6, 6.07) is 10.9. The molecule has 1 aromatic carbocycles. The summed E-state index contributed by atoms with van der Waals surface area (Å²) in [4.78, 5) is 2.45. The number of aryl methyl sites for hydroxylation is 1. The summed E-state index contributed by atoms with van der Waals surface area (Å²) in [5.74, 6) is 0.919. The van der Waals surface area contributed by atoms with Gasteiger partial charge in [-0.3, -0.25) is 0 Å². The second-order valence-corrected chi connectivity index (χ2v) is 5.60. The Balaban J connectivity index is 1.63. The van der Waals surface area contributed by atoms with Crippen LogP contribution in [0.15, 0.2) is 36.5 Å². The van der Waals surface area contributed by atoms with Crippen molar-refractivity contribution in [3.05, 3.63) is 36.5 Å². The number of fused-ring (bicyclic) bond motifs is 1. The number of rotatable bonds is 3. The number of aromatic nitrogens is 1. The van der Waals surface area contributed by atoms with E-state index in [1.54, 1.807) is 0 Å². The number of hydrogen-bond donors (Lipinski definition) is 0. The number of hydrogen-bond acceptors (Lipinski definition) is 1. The molecule has 1 saturated heterocycles. The number of likely N-dealkylation sites (tertiary alicyclic amines) is 1. The van der Waals surface area contributed by atoms with Crippen molar-refractivity contribution in [1.82, 2.24) is 9.47 Å². The molecular formula is C16H22N2. The average Bonchev–Trinajstić information content (AvgIpc) is 2.82. The van der Waals surface area contributed by atoms with Gasteiger partial charge in [-0.15, -0.1) is 0 Å². The maximum absolute atomic E-state index is 2.45. The van der Waals surface area contributed by atoms with Gasteiger partial charge < -0.3 is 9.47 Å². The minimum atomic E-state index is 0.919. The molecule has 96 valence electrons. The fourth-order valence-electron chi connectivity index (χ4n) is 3.01. The molecule has 1 aliphatic rings. The molecule has 2 heteroatoms. The Morgan fingerprint density at radius 2 is 1.89 bits per heavy atom. The summed E-state index contributed by atoms with van der Waals surface area (Å²) in [7, 11) is 2.23. The van der Waals surface area contributed by atoms with Gasteiger partial charge in [0.1, 0.15) is 0 Å². The zero-order valence-electron chi connectivity index (χ0n) is 11.2. The zero-order valence-corrected chi connectivity index (χ0v) is 11.2. The lowest BCUT2D eigenvalue weighted by Gasteiger charge is -2.29. The molecule has 2 nitrogen and oxygen atoms in total. The maximum atomic E-state index is 2.45. The van der Waals surface area contributed by atoms with Crippen LogP contribution in [0.3, 0.4) is 0 Å². The molecule has 2 heterocycles. The third-order valence-corrected chi connectivity index (χ3v) is 4.30. The van der Waals surface area contributed by atoms with Crippen LogP contribution in [-0.4, -0.2) is 29.6 Å². The first-order chi connectivity index (χ1) is 8.83. The van der Waals surface area contributed by atoms with Gasteiger partial charge in [-0.2, -0.15) is 0 Å². The molecule has 1 aliphatic heterocycles. The van der Waals surface area contributed by atoms with E-state index in [0.29, 0.717) is 0 Å². The molecule has 0 bridgehead atoms. The van der Waals surface area contributed by atoms with Crippen molar-refractivity contribution >= 4 is 10.9 Å². The third kappa shape index (κ3) is 2.44. The second-order valence-electron chi connectivity index (χ2n) is 5.60. The fraction of sp³-hybridized carbons (Fsp3) is 0.500. The van der Waals surface area contributed by atoms with Gasteiger partial charge in [0, 0.05) is 18.3 Å². The molecule has 0 spiro atoms. The van der Waals surface area contributed by atoms with E-state index >= 15 is 0 Å². The van der Waals surface area contributed by atoms with E-state index in [1.807, 2.05) is 0 Å². The average molecular weight is 242 g/mol. The molecule has 0 saturated carbocycles. The lowest BCUT2D eigenvalue weighted by Crippen LogP contribution is -2.30. The molecule has 0 atom stereocenters. The van der Waals surface area contributed by atoms with E-state index in [0.717, 1.165) is 5.92 Å². The Morgan fingerprint density at radius 1 is 1.11 bits per heavy atom. The molecule has 1 fully saturated rings. The van der Waals surface area contributed by atoms with Gasteiger partial charge in [-0.1, -0.05) is 18.2 Å². The summed E-state index contributed by atoms with van der Waals surface area (Å²) in [5, 5.41) is 1.36. The predicted molar refractivity (Wildman–Crippen MR) is 76.8 cm³/mol. The van der Waals surface area contributed by atoms with Gasteiger partial charge in [-0.25, -0.2) is 0 Å². The number of nitrogens with zero attached hydrogens (tertiary/aromatic N) is 2. The van der Waals surface area contributed by atoms with E-state index in [1.165, 1.54) is 49.8 Å². The largest absolute Gasteiger partial charge is 0.347 e. The summed E-state index contributed by atoms with van der Waals surface area (Å²) >= 11 is 0. The molecule has 2 aromatic rings. The summed E-state index contributed by atoms with van der Waals surface area (Å²) in [6.45, 7) is 3.72. The third-order valence-electron chi connectivity index (χ3n) is 4.30. The summed E-state index contributed by atoms with van der Waals surface area (Å²) in [6.07, 6.45) is 6.30. The fourth-order valence-corrected chi connectivity index (χ4v) is 3.01. The van der Waals surface area contributed by atoms with Crippen LogP contribution in [0.4, 0.5) is 0 Å². The van der Waals surface area contributed by atoms with Gasteiger partial charge >= 0.3 is 0 Å². The quantitative estimate of drug-likeness (QED) is 0.801. The van der Waals surface area contributed by atoms with Crippen LogP contribution in [0.25, 0.3) is 10.9 Å². The standard InChI is InChI=1S/C16H22N2/c1-17-10-6-14(7-11-17)8-12-18-13-9-15-4-2-3-5-16(15)18/h2-5,9,13-14H,6-8,10-12H2,1H3. The van der Waals surface area contributed by atoms with Crippen molar-refractivity contribution in [2.75, 3.05) is 20.1 Å². The van der Waals surface area contributed by atoms with E-state index in [9.17, 15) is 0 Å². The molecular weight excluding hydrogens is 220 g/mol. The van der Waals surface area contributed by atoms with E-state index in [4.69, 9.17) is 0 Å². The molecule has 1 aromatic heterocycles. The highest BCUT2D eigenvalue weighted by atomic mass is 15.1. The first-order valence-corrected chi connectivity index (χ1v) is 7.05. The minimum absolute atomic E-state index is 0.919. The van der Waals surface area contributed by atoms with E-state index in [2.05, 4.69) is 53.0 Å². The molecule has 0 amide bonds. The number of para-hydroxylation sites is 1. The first kappa shape index (κ1) is 11.8. The highest BCUT2D eigenvalue weighted by molar-refractivity contribution is 5.79.